The van der Waals surface area contributed by atoms with Gasteiger partial charge in [-0.15, -0.1) is 0 Å². The van der Waals surface area contributed by atoms with Gasteiger partial charge in [-0.2, -0.15) is 0 Å². The fraction of sp³-hybridized carbons (Fsp3) is 0.467. The van der Waals surface area contributed by atoms with Crippen LogP contribution in [0.1, 0.15) is 31.9 Å². The molecule has 1 N–H and O–H groups in total. The van der Waals surface area contributed by atoms with E-state index in [4.69, 9.17) is 4.74 Å². The molecule has 0 radical (unpaired) electrons. The predicted molar refractivity (Wildman–Crippen MR) is 76.6 cm³/mol. The van der Waals surface area contributed by atoms with E-state index in [0.717, 1.165) is 16.8 Å². The van der Waals surface area contributed by atoms with Crippen LogP contribution in [0.3, 0.4) is 0 Å². The Morgan fingerprint density at radius 1 is 1.40 bits per heavy atom. The number of nitrogens with zero attached hydrogens (tertiary/aromatic N) is 1. The molecule has 2 rings (SSSR count). The molecule has 5 heteroatoms. The standard InChI is InChI=1S/C15H20N2O3/c1-15(2,3)20-14(19)16-9-10-5-6-12-11(7-10)8-13(18)17(12)4/h5-7H,8-9H2,1-4H3,(H,16,19). The molecule has 0 saturated heterocycles. The maximum absolute atomic E-state index is 11.6. The highest BCUT2D eigenvalue weighted by atomic mass is 16.6. The number of hydrogen-bond donors (Lipinski definition) is 1. The van der Waals surface area contributed by atoms with Gasteiger partial charge in [0.25, 0.3) is 0 Å². The van der Waals surface area contributed by atoms with Crippen molar-refractivity contribution in [3.05, 3.63) is 29.3 Å². The van der Waals surface area contributed by atoms with E-state index in [9.17, 15) is 9.59 Å². The molecular formula is C15H20N2O3. The SMILES string of the molecule is CN1C(=O)Cc2cc(CNC(=O)OC(C)(C)C)ccc21. The van der Waals surface area contributed by atoms with Crippen molar-refractivity contribution in [2.45, 2.75) is 39.3 Å². The largest absolute Gasteiger partial charge is 0.444 e. The van der Waals surface area contributed by atoms with Crippen molar-refractivity contribution < 1.29 is 14.3 Å². The summed E-state index contributed by atoms with van der Waals surface area (Å²) >= 11 is 0. The molecule has 0 fully saturated rings. The summed E-state index contributed by atoms with van der Waals surface area (Å²) in [6.45, 7) is 5.86. The molecule has 0 atom stereocenters. The van der Waals surface area contributed by atoms with Crippen molar-refractivity contribution >= 4 is 17.7 Å². The molecule has 1 aromatic rings. The molecule has 1 aliphatic rings. The molecule has 2 amide bonds. The summed E-state index contributed by atoms with van der Waals surface area (Å²) in [5.41, 5.74) is 2.40. The Morgan fingerprint density at radius 3 is 2.75 bits per heavy atom. The van der Waals surface area contributed by atoms with Crippen LogP contribution in [0.2, 0.25) is 0 Å². The Bertz CT molecular complexity index is 547. The number of alkyl carbamates (subject to hydrolysis) is 1. The number of benzene rings is 1. The molecular weight excluding hydrogens is 256 g/mol. The lowest BCUT2D eigenvalue weighted by Crippen LogP contribution is -2.32. The number of rotatable bonds is 2. The first-order chi connectivity index (χ1) is 9.26. The van der Waals surface area contributed by atoms with Gasteiger partial charge in [0.05, 0.1) is 6.42 Å². The Labute approximate surface area is 118 Å². The summed E-state index contributed by atoms with van der Waals surface area (Å²) < 4.78 is 5.17. The van der Waals surface area contributed by atoms with E-state index in [1.807, 2.05) is 39.0 Å². The first-order valence-electron chi connectivity index (χ1n) is 6.61. The van der Waals surface area contributed by atoms with Crippen molar-refractivity contribution in [1.29, 1.82) is 0 Å². The fourth-order valence-electron chi connectivity index (χ4n) is 2.12. The molecule has 1 aliphatic heterocycles. The normalized spacial score (nSPS) is 14.2. The number of hydrogen-bond acceptors (Lipinski definition) is 3. The van der Waals surface area contributed by atoms with Crippen LogP contribution in [-0.4, -0.2) is 24.6 Å². The summed E-state index contributed by atoms with van der Waals surface area (Å²) in [4.78, 5) is 24.8. The number of carbonyl (C=O) groups excluding carboxylic acids is 2. The average molecular weight is 276 g/mol. The number of carbonyl (C=O) groups is 2. The summed E-state index contributed by atoms with van der Waals surface area (Å²) in [5, 5.41) is 2.71. The number of anilines is 1. The zero-order valence-corrected chi connectivity index (χ0v) is 12.3. The van der Waals surface area contributed by atoms with Crippen LogP contribution in [0.4, 0.5) is 10.5 Å². The van der Waals surface area contributed by atoms with Crippen LogP contribution in [0, 0.1) is 0 Å². The maximum Gasteiger partial charge on any atom is 0.407 e. The molecule has 1 heterocycles. The number of fused-ring (bicyclic) bond motifs is 1. The minimum Gasteiger partial charge on any atom is -0.444 e. The highest BCUT2D eigenvalue weighted by Crippen LogP contribution is 2.28. The van der Waals surface area contributed by atoms with Gasteiger partial charge in [-0.25, -0.2) is 4.79 Å². The highest BCUT2D eigenvalue weighted by molar-refractivity contribution is 6.00. The number of likely N-dealkylation sites (N-methyl/N-ethyl adjacent to an activating group) is 1. The predicted octanol–water partition coefficient (Wildman–Crippen LogP) is 2.23. The lowest BCUT2D eigenvalue weighted by Gasteiger charge is -2.19. The highest BCUT2D eigenvalue weighted by Gasteiger charge is 2.24. The minimum atomic E-state index is -0.503. The number of amides is 2. The molecule has 0 bridgehead atoms. The fourth-order valence-corrected chi connectivity index (χ4v) is 2.12. The first kappa shape index (κ1) is 14.4. The first-order valence-corrected chi connectivity index (χ1v) is 6.61. The molecule has 0 saturated carbocycles. The summed E-state index contributed by atoms with van der Waals surface area (Å²) in [7, 11) is 1.77. The minimum absolute atomic E-state index is 0.0947. The topological polar surface area (TPSA) is 58.6 Å². The summed E-state index contributed by atoms with van der Waals surface area (Å²) in [6, 6.07) is 5.77. The van der Waals surface area contributed by atoms with Crippen molar-refractivity contribution in [3.63, 3.8) is 0 Å². The second-order valence-electron chi connectivity index (χ2n) is 5.95. The van der Waals surface area contributed by atoms with Gasteiger partial charge in [0, 0.05) is 19.3 Å². The Balaban J connectivity index is 1.97. The van der Waals surface area contributed by atoms with Gasteiger partial charge < -0.3 is 15.0 Å². The van der Waals surface area contributed by atoms with Crippen LogP contribution in [0.25, 0.3) is 0 Å². The molecule has 108 valence electrons. The monoisotopic (exact) mass is 276 g/mol. The number of nitrogens with one attached hydrogen (secondary N) is 1. The van der Waals surface area contributed by atoms with Crippen LogP contribution in [-0.2, 0) is 22.5 Å². The van der Waals surface area contributed by atoms with Gasteiger partial charge in [0.1, 0.15) is 5.60 Å². The van der Waals surface area contributed by atoms with Crippen molar-refractivity contribution in [3.8, 4) is 0 Å². The summed E-state index contributed by atoms with van der Waals surface area (Å²) in [6.07, 6.45) is -0.0160. The zero-order valence-electron chi connectivity index (χ0n) is 12.3. The maximum atomic E-state index is 11.6. The van der Waals surface area contributed by atoms with Gasteiger partial charge in [0.2, 0.25) is 5.91 Å². The van der Waals surface area contributed by atoms with Crippen molar-refractivity contribution in [1.82, 2.24) is 5.32 Å². The van der Waals surface area contributed by atoms with E-state index >= 15 is 0 Å². The van der Waals surface area contributed by atoms with Gasteiger partial charge in [0.15, 0.2) is 0 Å². The Hall–Kier alpha value is -2.04. The molecule has 0 aromatic heterocycles. The Kier molecular flexibility index (Phi) is 3.70. The van der Waals surface area contributed by atoms with Crippen LogP contribution in [0.5, 0.6) is 0 Å². The van der Waals surface area contributed by atoms with E-state index in [1.165, 1.54) is 0 Å². The van der Waals surface area contributed by atoms with Crippen LogP contribution in [0.15, 0.2) is 18.2 Å². The molecule has 20 heavy (non-hydrogen) atoms. The average Bonchev–Trinajstić information content (AvgIpc) is 2.60. The van der Waals surface area contributed by atoms with Gasteiger partial charge in [-0.1, -0.05) is 12.1 Å². The zero-order chi connectivity index (χ0) is 14.9. The van der Waals surface area contributed by atoms with E-state index in [0.29, 0.717) is 13.0 Å². The molecule has 0 aliphatic carbocycles. The molecule has 5 nitrogen and oxygen atoms in total. The second kappa shape index (κ2) is 5.15. The Morgan fingerprint density at radius 2 is 2.10 bits per heavy atom. The molecule has 0 spiro atoms. The molecule has 0 unspecified atom stereocenters. The lowest BCUT2D eigenvalue weighted by atomic mass is 10.1. The number of ether oxygens (including phenoxy) is 1. The van der Waals surface area contributed by atoms with Crippen molar-refractivity contribution in [2.75, 3.05) is 11.9 Å². The second-order valence-corrected chi connectivity index (χ2v) is 5.95. The summed E-state index contributed by atoms with van der Waals surface area (Å²) in [5.74, 6) is 0.0947. The van der Waals surface area contributed by atoms with Crippen molar-refractivity contribution in [2.24, 2.45) is 0 Å². The smallest absolute Gasteiger partial charge is 0.407 e. The van der Waals surface area contributed by atoms with Gasteiger partial charge >= 0.3 is 6.09 Å². The van der Waals surface area contributed by atoms with Gasteiger partial charge in [-0.05, 0) is 38.0 Å². The van der Waals surface area contributed by atoms with Gasteiger partial charge in [-0.3, -0.25) is 4.79 Å². The van der Waals surface area contributed by atoms with Crippen LogP contribution < -0.4 is 10.2 Å². The third-order valence-electron chi connectivity index (χ3n) is 3.06. The molecule has 1 aromatic carbocycles. The quantitative estimate of drug-likeness (QED) is 0.901. The van der Waals surface area contributed by atoms with E-state index in [-0.39, 0.29) is 5.91 Å². The van der Waals surface area contributed by atoms with Crippen LogP contribution >= 0.6 is 0 Å². The van der Waals surface area contributed by atoms with E-state index < -0.39 is 11.7 Å². The lowest BCUT2D eigenvalue weighted by molar-refractivity contribution is -0.117. The van der Waals surface area contributed by atoms with E-state index in [1.54, 1.807) is 11.9 Å². The third-order valence-corrected chi connectivity index (χ3v) is 3.06. The third kappa shape index (κ3) is 3.29. The van der Waals surface area contributed by atoms with E-state index in [2.05, 4.69) is 5.32 Å².